The molecule has 12 nitrogen and oxygen atoms in total. The summed E-state index contributed by atoms with van der Waals surface area (Å²) in [5, 5.41) is 71.8. The first-order chi connectivity index (χ1) is 18.7. The molecule has 0 unspecified atom stereocenters. The van der Waals surface area contributed by atoms with Crippen molar-refractivity contribution < 1.29 is 59.4 Å². The molecule has 0 radical (unpaired) electrons. The molecule has 8 atom stereocenters. The Morgan fingerprint density at radius 1 is 0.821 bits per heavy atom. The Kier molecular flexibility index (Phi) is 9.07. The summed E-state index contributed by atoms with van der Waals surface area (Å²) in [5.74, 6) is -1.06. The molecule has 12 heteroatoms. The Morgan fingerprint density at radius 2 is 1.46 bits per heavy atom. The number of fused-ring (bicyclic) bond motifs is 1. The van der Waals surface area contributed by atoms with Crippen molar-refractivity contribution in [1.29, 1.82) is 0 Å². The first-order valence-corrected chi connectivity index (χ1v) is 12.6. The number of rotatable bonds is 9. The third kappa shape index (κ3) is 5.46. The van der Waals surface area contributed by atoms with Gasteiger partial charge in [0.1, 0.15) is 24.4 Å². The summed E-state index contributed by atoms with van der Waals surface area (Å²) in [7, 11) is 4.25. The lowest BCUT2D eigenvalue weighted by atomic mass is 9.66. The number of benzene rings is 2. The molecule has 0 spiro atoms. The number of aliphatic hydroxyl groups is 5. The second kappa shape index (κ2) is 12.1. The van der Waals surface area contributed by atoms with Crippen LogP contribution >= 0.6 is 0 Å². The molecule has 0 bridgehead atoms. The van der Waals surface area contributed by atoms with Gasteiger partial charge in [0, 0.05) is 12.5 Å². The number of hydrogen-bond acceptors (Lipinski definition) is 12. The van der Waals surface area contributed by atoms with E-state index in [9.17, 15) is 35.7 Å². The second-order valence-corrected chi connectivity index (χ2v) is 9.82. The maximum Gasteiger partial charge on any atom is 0.200 e. The molecule has 4 rings (SSSR count). The maximum atomic E-state index is 10.6. The second-order valence-electron chi connectivity index (χ2n) is 9.82. The topological polar surface area (TPSA) is 188 Å². The highest BCUT2D eigenvalue weighted by atomic mass is 16.7. The number of aromatic hydroxyl groups is 2. The minimum absolute atomic E-state index is 0.0870. The molecule has 216 valence electrons. The monoisotopic (exact) mass is 552 g/mol. The Balaban J connectivity index is 1.78. The van der Waals surface area contributed by atoms with Crippen LogP contribution in [0.4, 0.5) is 0 Å². The summed E-state index contributed by atoms with van der Waals surface area (Å²) in [5.41, 5.74) is 2.17. The van der Waals surface area contributed by atoms with Gasteiger partial charge in [0.2, 0.25) is 5.75 Å². The van der Waals surface area contributed by atoms with Crippen molar-refractivity contribution in [2.75, 3.05) is 41.2 Å². The molecule has 1 aliphatic heterocycles. The zero-order valence-corrected chi connectivity index (χ0v) is 21.9. The maximum absolute atomic E-state index is 10.6. The molecule has 1 saturated heterocycles. The molecule has 2 aromatic carbocycles. The van der Waals surface area contributed by atoms with E-state index >= 15 is 0 Å². The molecule has 39 heavy (non-hydrogen) atoms. The predicted molar refractivity (Wildman–Crippen MR) is 135 cm³/mol. The van der Waals surface area contributed by atoms with Crippen LogP contribution in [0.15, 0.2) is 24.3 Å². The van der Waals surface area contributed by atoms with Gasteiger partial charge in [-0.1, -0.05) is 0 Å². The van der Waals surface area contributed by atoms with E-state index in [1.54, 1.807) is 24.3 Å². The third-order valence-electron chi connectivity index (χ3n) is 7.69. The molecule has 1 fully saturated rings. The predicted octanol–water partition coefficient (Wildman–Crippen LogP) is -0.147. The molecular formula is C27H36O12. The van der Waals surface area contributed by atoms with E-state index in [1.807, 2.05) is 0 Å². The van der Waals surface area contributed by atoms with Crippen LogP contribution in [0.5, 0.6) is 28.7 Å². The number of methoxy groups -OCH3 is 3. The van der Waals surface area contributed by atoms with Gasteiger partial charge in [0.15, 0.2) is 29.3 Å². The molecule has 7 N–H and O–H groups in total. The van der Waals surface area contributed by atoms with Gasteiger partial charge in [0.25, 0.3) is 0 Å². The minimum atomic E-state index is -1.60. The largest absolute Gasteiger partial charge is 0.504 e. The van der Waals surface area contributed by atoms with E-state index in [-0.39, 0.29) is 47.9 Å². The third-order valence-corrected chi connectivity index (χ3v) is 7.69. The molecule has 2 aliphatic rings. The zero-order valence-electron chi connectivity index (χ0n) is 21.9. The van der Waals surface area contributed by atoms with E-state index in [2.05, 4.69) is 0 Å². The van der Waals surface area contributed by atoms with Gasteiger partial charge in [-0.05, 0) is 59.2 Å². The minimum Gasteiger partial charge on any atom is -0.504 e. The van der Waals surface area contributed by atoms with Crippen molar-refractivity contribution in [3.8, 4) is 28.7 Å². The molecule has 1 aliphatic carbocycles. The molecule has 2 aromatic rings. The zero-order chi connectivity index (χ0) is 28.4. The van der Waals surface area contributed by atoms with Crippen molar-refractivity contribution in [2.24, 2.45) is 11.8 Å². The highest BCUT2D eigenvalue weighted by molar-refractivity contribution is 5.57. The van der Waals surface area contributed by atoms with Gasteiger partial charge in [-0.15, -0.1) is 0 Å². The number of hydrogen-bond donors (Lipinski definition) is 7. The van der Waals surface area contributed by atoms with Crippen LogP contribution in [0.2, 0.25) is 0 Å². The van der Waals surface area contributed by atoms with E-state index in [0.717, 1.165) is 11.1 Å². The summed E-state index contributed by atoms with van der Waals surface area (Å²) in [6.07, 6.45) is -6.82. The average molecular weight is 553 g/mol. The highest BCUT2D eigenvalue weighted by Crippen LogP contribution is 2.50. The molecule has 0 saturated carbocycles. The highest BCUT2D eigenvalue weighted by Gasteiger charge is 2.45. The molecular weight excluding hydrogens is 516 g/mol. The van der Waals surface area contributed by atoms with Crippen LogP contribution in [0, 0.1) is 11.8 Å². The summed E-state index contributed by atoms with van der Waals surface area (Å²) in [6.45, 7) is -0.914. The fraction of sp³-hybridized carbons (Fsp3) is 0.556. The van der Waals surface area contributed by atoms with E-state index in [1.165, 1.54) is 21.3 Å². The van der Waals surface area contributed by atoms with Crippen LogP contribution in [0.3, 0.4) is 0 Å². The number of phenols is 2. The number of aliphatic hydroxyl groups excluding tert-OH is 5. The Labute approximate surface area is 225 Å². The summed E-state index contributed by atoms with van der Waals surface area (Å²) >= 11 is 0. The van der Waals surface area contributed by atoms with Crippen molar-refractivity contribution >= 4 is 0 Å². The Morgan fingerprint density at radius 3 is 2.03 bits per heavy atom. The lowest BCUT2D eigenvalue weighted by Gasteiger charge is -2.43. The lowest BCUT2D eigenvalue weighted by Crippen LogP contribution is -2.59. The fourth-order valence-corrected chi connectivity index (χ4v) is 5.56. The molecule has 0 aromatic heterocycles. The summed E-state index contributed by atoms with van der Waals surface area (Å²) < 4.78 is 27.5. The van der Waals surface area contributed by atoms with Crippen molar-refractivity contribution in [2.45, 2.75) is 43.0 Å². The number of ether oxygens (including phenoxy) is 5. The fourth-order valence-electron chi connectivity index (χ4n) is 5.56. The lowest BCUT2D eigenvalue weighted by molar-refractivity contribution is -0.304. The van der Waals surface area contributed by atoms with Crippen LogP contribution < -0.4 is 14.2 Å². The molecule has 0 amide bonds. The summed E-state index contributed by atoms with van der Waals surface area (Å²) in [6, 6.07) is 6.56. The van der Waals surface area contributed by atoms with E-state index in [0.29, 0.717) is 12.0 Å². The first kappa shape index (κ1) is 29.2. The van der Waals surface area contributed by atoms with Gasteiger partial charge in [-0.2, -0.15) is 0 Å². The van der Waals surface area contributed by atoms with E-state index in [4.69, 9.17) is 23.7 Å². The average Bonchev–Trinajstić information content (AvgIpc) is 2.94. The van der Waals surface area contributed by atoms with Crippen LogP contribution in [0.25, 0.3) is 0 Å². The first-order valence-electron chi connectivity index (χ1n) is 12.6. The standard InChI is InChI=1S/C27H36O12/c1-35-18-5-12-4-14(9-28)16(11-38-27-26(34)25(33)24(32)21(10-29)39-27)22(15(12)8-17(18)30)13-6-19(36-2)23(31)20(7-13)37-3/h5-8,14,16,21-22,24-34H,4,9-11H2,1-3H3/t14-,16-,21-,22-,24-,25+,26-,27-/m1/s1. The summed E-state index contributed by atoms with van der Waals surface area (Å²) in [4.78, 5) is 0. The quantitative estimate of drug-likeness (QED) is 0.218. The Hall–Kier alpha value is -2.84. The van der Waals surface area contributed by atoms with Crippen molar-refractivity contribution in [3.05, 3.63) is 41.0 Å². The van der Waals surface area contributed by atoms with Crippen LogP contribution in [-0.4, -0.2) is 108 Å². The Bertz CT molecular complexity index is 1110. The van der Waals surface area contributed by atoms with Crippen molar-refractivity contribution in [3.63, 3.8) is 0 Å². The number of phenolic OH excluding ortho intramolecular Hbond substituents is 2. The van der Waals surface area contributed by atoms with E-state index < -0.39 is 49.1 Å². The SMILES string of the molecule is COc1cc2c(cc1O)[C@@H](c1cc(OC)c(O)c(OC)c1)[C@H](CO[C@@H]1O[C@H](CO)[C@@H](O)[C@H](O)[C@H]1O)[C@@H](CO)C2. The normalized spacial score (nSPS) is 30.5. The van der Waals surface area contributed by atoms with Gasteiger partial charge >= 0.3 is 0 Å². The van der Waals surface area contributed by atoms with Gasteiger partial charge in [-0.25, -0.2) is 0 Å². The van der Waals surface area contributed by atoms with Gasteiger partial charge in [-0.3, -0.25) is 0 Å². The van der Waals surface area contributed by atoms with Crippen LogP contribution in [-0.2, 0) is 15.9 Å². The van der Waals surface area contributed by atoms with Gasteiger partial charge in [0.05, 0.1) is 34.5 Å². The molecule has 1 heterocycles. The van der Waals surface area contributed by atoms with Crippen LogP contribution in [0.1, 0.15) is 22.6 Å². The van der Waals surface area contributed by atoms with Crippen molar-refractivity contribution in [1.82, 2.24) is 0 Å². The van der Waals surface area contributed by atoms with Gasteiger partial charge < -0.3 is 59.4 Å². The smallest absolute Gasteiger partial charge is 0.200 e.